The lowest BCUT2D eigenvalue weighted by Crippen LogP contribution is -2.27. The van der Waals surface area contributed by atoms with Gasteiger partial charge in [0, 0.05) is 15.6 Å². The number of anilines is 1. The van der Waals surface area contributed by atoms with E-state index in [1.165, 1.54) is 40.4 Å². The number of carbonyl (C=O) groups excluding carboxylic acids is 1. The number of ether oxygens (including phenoxy) is 2. The molecular weight excluding hydrogens is 500 g/mol. The van der Waals surface area contributed by atoms with Gasteiger partial charge in [-0.3, -0.25) is 9.58 Å². The lowest BCUT2D eigenvalue weighted by molar-refractivity contribution is -0.0102. The molecule has 2 atom stereocenters. The third-order valence-corrected chi connectivity index (χ3v) is 5.96. The van der Waals surface area contributed by atoms with Crippen LogP contribution in [0, 0.1) is 5.82 Å². The van der Waals surface area contributed by atoms with Crippen molar-refractivity contribution in [2.24, 2.45) is 0 Å². The molecule has 1 fully saturated rings. The molecule has 2 unspecified atom stereocenters. The average molecular weight is 518 g/mol. The summed E-state index contributed by atoms with van der Waals surface area (Å²) in [6.45, 7) is 0.603. The van der Waals surface area contributed by atoms with Crippen LogP contribution >= 0.6 is 23.2 Å². The Morgan fingerprint density at radius 3 is 2.83 bits per heavy atom. The van der Waals surface area contributed by atoms with Gasteiger partial charge in [-0.2, -0.15) is 5.10 Å². The summed E-state index contributed by atoms with van der Waals surface area (Å²) >= 11 is 12.4. The quantitative estimate of drug-likeness (QED) is 0.347. The predicted octanol–water partition coefficient (Wildman–Crippen LogP) is 4.09. The molecule has 0 aliphatic carbocycles. The standard InChI is InChI=1S/C22H18Cl2FN7O3/c23-14-1-3-17(18(24)7-14)21(10-30-13-26-12-28-30)34-11-16-9-31(22(33)35-16)15-2-4-20(19(25)8-15)32-6-5-27-29-32/h1-8,12-13,16,21H,9-11H2. The number of carbonyl (C=O) groups is 1. The van der Waals surface area contributed by atoms with E-state index in [1.807, 2.05) is 0 Å². The van der Waals surface area contributed by atoms with E-state index in [4.69, 9.17) is 32.7 Å². The van der Waals surface area contributed by atoms with Crippen molar-refractivity contribution in [2.45, 2.75) is 18.8 Å². The van der Waals surface area contributed by atoms with E-state index in [9.17, 15) is 9.18 Å². The number of nitrogens with zero attached hydrogens (tertiary/aromatic N) is 7. The Hall–Kier alpha value is -3.54. The normalized spacial score (nSPS) is 16.5. The fourth-order valence-electron chi connectivity index (χ4n) is 3.73. The minimum Gasteiger partial charge on any atom is -0.441 e. The zero-order valence-electron chi connectivity index (χ0n) is 18.0. The van der Waals surface area contributed by atoms with Crippen LogP contribution in [0.3, 0.4) is 0 Å². The first-order valence-corrected chi connectivity index (χ1v) is 11.3. The Bertz CT molecular complexity index is 1320. The molecule has 2 aromatic heterocycles. The van der Waals surface area contributed by atoms with Gasteiger partial charge in [-0.05, 0) is 30.3 Å². The van der Waals surface area contributed by atoms with Crippen molar-refractivity contribution in [1.82, 2.24) is 29.8 Å². The van der Waals surface area contributed by atoms with Crippen LogP contribution in [-0.2, 0) is 16.0 Å². The molecule has 10 nitrogen and oxygen atoms in total. The Labute approximate surface area is 208 Å². The lowest BCUT2D eigenvalue weighted by Gasteiger charge is -2.21. The van der Waals surface area contributed by atoms with Gasteiger partial charge in [0.05, 0.1) is 37.8 Å². The molecule has 35 heavy (non-hydrogen) atoms. The fourth-order valence-corrected chi connectivity index (χ4v) is 4.26. The number of hydrogen-bond donors (Lipinski definition) is 0. The van der Waals surface area contributed by atoms with Crippen molar-refractivity contribution in [1.29, 1.82) is 0 Å². The molecule has 2 aromatic carbocycles. The molecule has 1 aliphatic rings. The number of benzene rings is 2. The Balaban J connectivity index is 1.28. The summed E-state index contributed by atoms with van der Waals surface area (Å²) in [7, 11) is 0. The Kier molecular flexibility index (Phi) is 6.62. The third kappa shape index (κ3) is 5.11. The van der Waals surface area contributed by atoms with E-state index in [0.29, 0.717) is 27.8 Å². The van der Waals surface area contributed by atoms with E-state index in [-0.39, 0.29) is 18.8 Å². The molecule has 3 heterocycles. The van der Waals surface area contributed by atoms with E-state index < -0.39 is 24.1 Å². The molecule has 13 heteroatoms. The van der Waals surface area contributed by atoms with E-state index in [0.717, 1.165) is 0 Å². The monoisotopic (exact) mass is 517 g/mol. The summed E-state index contributed by atoms with van der Waals surface area (Å²) in [5, 5.41) is 12.5. The largest absolute Gasteiger partial charge is 0.441 e. The maximum Gasteiger partial charge on any atom is 0.414 e. The third-order valence-electron chi connectivity index (χ3n) is 5.40. The molecule has 1 aliphatic heterocycles. The van der Waals surface area contributed by atoms with E-state index in [2.05, 4.69) is 20.4 Å². The smallest absolute Gasteiger partial charge is 0.414 e. The minimum absolute atomic E-state index is 0.0834. The first-order chi connectivity index (χ1) is 17.0. The van der Waals surface area contributed by atoms with Crippen molar-refractivity contribution in [2.75, 3.05) is 18.1 Å². The van der Waals surface area contributed by atoms with Crippen molar-refractivity contribution in [3.63, 3.8) is 0 Å². The molecule has 1 saturated heterocycles. The zero-order valence-corrected chi connectivity index (χ0v) is 19.6. The molecule has 0 spiro atoms. The second-order valence-corrected chi connectivity index (χ2v) is 8.55. The highest BCUT2D eigenvalue weighted by Gasteiger charge is 2.34. The second-order valence-electron chi connectivity index (χ2n) is 7.71. The number of hydrogen-bond acceptors (Lipinski definition) is 7. The van der Waals surface area contributed by atoms with Crippen LogP contribution in [0.2, 0.25) is 10.0 Å². The summed E-state index contributed by atoms with van der Waals surface area (Å²) < 4.78 is 29.1. The molecule has 4 aromatic rings. The van der Waals surface area contributed by atoms with E-state index in [1.54, 1.807) is 35.3 Å². The van der Waals surface area contributed by atoms with Gasteiger partial charge in [-0.25, -0.2) is 18.9 Å². The summed E-state index contributed by atoms with van der Waals surface area (Å²) in [6.07, 6.45) is 4.28. The van der Waals surface area contributed by atoms with Gasteiger partial charge in [0.25, 0.3) is 0 Å². The second kappa shape index (κ2) is 9.98. The Morgan fingerprint density at radius 1 is 1.23 bits per heavy atom. The van der Waals surface area contributed by atoms with Crippen molar-refractivity contribution in [3.05, 3.63) is 82.9 Å². The molecule has 0 saturated carbocycles. The highest BCUT2D eigenvalue weighted by molar-refractivity contribution is 6.35. The molecule has 0 bridgehead atoms. The van der Waals surface area contributed by atoms with Gasteiger partial charge in [-0.15, -0.1) is 5.10 Å². The van der Waals surface area contributed by atoms with Crippen molar-refractivity contribution >= 4 is 35.0 Å². The highest BCUT2D eigenvalue weighted by atomic mass is 35.5. The predicted molar refractivity (Wildman–Crippen MR) is 124 cm³/mol. The molecular formula is C22H18Cl2FN7O3. The lowest BCUT2D eigenvalue weighted by atomic mass is 10.1. The first kappa shape index (κ1) is 23.2. The number of aromatic nitrogens is 6. The molecule has 180 valence electrons. The first-order valence-electron chi connectivity index (χ1n) is 10.5. The average Bonchev–Trinajstić information content (AvgIpc) is 3.60. The summed E-state index contributed by atoms with van der Waals surface area (Å²) in [5.74, 6) is -0.550. The summed E-state index contributed by atoms with van der Waals surface area (Å²) in [6, 6.07) is 9.51. The number of amides is 1. The van der Waals surface area contributed by atoms with Crippen molar-refractivity contribution in [3.8, 4) is 5.69 Å². The van der Waals surface area contributed by atoms with E-state index >= 15 is 0 Å². The van der Waals surface area contributed by atoms with Crippen LogP contribution in [0.15, 0.2) is 61.4 Å². The molecule has 0 N–H and O–H groups in total. The van der Waals surface area contributed by atoms with Gasteiger partial charge >= 0.3 is 6.09 Å². The molecule has 5 rings (SSSR count). The maximum atomic E-state index is 14.7. The van der Waals surface area contributed by atoms with Gasteiger partial charge in [-0.1, -0.05) is 34.5 Å². The highest BCUT2D eigenvalue weighted by Crippen LogP contribution is 2.31. The molecule has 1 amide bonds. The molecule has 0 radical (unpaired) electrons. The van der Waals surface area contributed by atoms with Crippen LogP contribution in [0.1, 0.15) is 11.7 Å². The number of halogens is 3. The zero-order chi connectivity index (χ0) is 24.4. The van der Waals surface area contributed by atoms with Crippen LogP contribution < -0.4 is 4.90 Å². The van der Waals surface area contributed by atoms with Crippen LogP contribution in [-0.4, -0.2) is 55.1 Å². The summed E-state index contributed by atoms with van der Waals surface area (Å²) in [4.78, 5) is 17.8. The van der Waals surface area contributed by atoms with Crippen molar-refractivity contribution < 1.29 is 18.7 Å². The number of cyclic esters (lactones) is 1. The van der Waals surface area contributed by atoms with Crippen LogP contribution in [0.5, 0.6) is 0 Å². The van der Waals surface area contributed by atoms with Crippen LogP contribution in [0.4, 0.5) is 14.9 Å². The maximum absolute atomic E-state index is 14.7. The van der Waals surface area contributed by atoms with Crippen LogP contribution in [0.25, 0.3) is 5.69 Å². The number of rotatable bonds is 8. The van der Waals surface area contributed by atoms with Gasteiger partial charge in [0.15, 0.2) is 5.82 Å². The topological polar surface area (TPSA) is 100 Å². The van der Waals surface area contributed by atoms with Gasteiger partial charge < -0.3 is 9.47 Å². The minimum atomic E-state index is -0.594. The Morgan fingerprint density at radius 2 is 2.11 bits per heavy atom. The SMILES string of the molecule is O=C1OC(COC(Cn2cncn2)c2ccc(Cl)cc2Cl)CN1c1ccc(-n2ccnn2)c(F)c1. The summed E-state index contributed by atoms with van der Waals surface area (Å²) in [5.41, 5.74) is 1.28. The fraction of sp³-hybridized carbons (Fsp3) is 0.227. The van der Waals surface area contributed by atoms with Gasteiger partial charge in [0.1, 0.15) is 30.5 Å². The van der Waals surface area contributed by atoms with Gasteiger partial charge in [0.2, 0.25) is 0 Å².